The zero-order valence-electron chi connectivity index (χ0n) is 13.9. The molecule has 1 saturated heterocycles. The molecule has 0 radical (unpaired) electrons. The number of methoxy groups -OCH3 is 1. The van der Waals surface area contributed by atoms with Crippen molar-refractivity contribution in [1.82, 2.24) is 15.2 Å². The van der Waals surface area contributed by atoms with Crippen molar-refractivity contribution < 1.29 is 4.74 Å². The molecular formula is C17H29N3O. The van der Waals surface area contributed by atoms with Gasteiger partial charge in [-0.05, 0) is 25.8 Å². The molecular weight excluding hydrogens is 262 g/mol. The van der Waals surface area contributed by atoms with E-state index in [1.54, 1.807) is 7.11 Å². The van der Waals surface area contributed by atoms with Gasteiger partial charge in [0.25, 0.3) is 0 Å². The highest BCUT2D eigenvalue weighted by molar-refractivity contribution is 5.16. The minimum absolute atomic E-state index is 0.211. The lowest BCUT2D eigenvalue weighted by Crippen LogP contribution is -2.62. The van der Waals surface area contributed by atoms with Gasteiger partial charge in [-0.2, -0.15) is 0 Å². The van der Waals surface area contributed by atoms with Crippen LogP contribution in [0.15, 0.2) is 18.2 Å². The first-order chi connectivity index (χ1) is 10.1. The zero-order valence-corrected chi connectivity index (χ0v) is 13.9. The van der Waals surface area contributed by atoms with E-state index in [-0.39, 0.29) is 5.54 Å². The first-order valence-electron chi connectivity index (χ1n) is 8.09. The number of rotatable bonds is 6. The van der Waals surface area contributed by atoms with Crippen LogP contribution in [0.1, 0.15) is 45.7 Å². The number of hydrogen-bond donors (Lipinski definition) is 1. The lowest BCUT2D eigenvalue weighted by atomic mass is 9.92. The second kappa shape index (κ2) is 7.23. The van der Waals surface area contributed by atoms with E-state index in [0.29, 0.717) is 11.9 Å². The minimum atomic E-state index is 0.211. The van der Waals surface area contributed by atoms with Crippen LogP contribution in [0.5, 0.6) is 5.88 Å². The van der Waals surface area contributed by atoms with Crippen molar-refractivity contribution in [1.29, 1.82) is 0 Å². The van der Waals surface area contributed by atoms with Crippen molar-refractivity contribution in [3.05, 3.63) is 23.9 Å². The molecule has 4 nitrogen and oxygen atoms in total. The van der Waals surface area contributed by atoms with Gasteiger partial charge >= 0.3 is 0 Å². The SMILES string of the molecule is CCCC1CNC(C)(CC)CN1Cc1cccc(OC)n1. The smallest absolute Gasteiger partial charge is 0.213 e. The van der Waals surface area contributed by atoms with Gasteiger partial charge in [-0.3, -0.25) is 4.90 Å². The summed E-state index contributed by atoms with van der Waals surface area (Å²) < 4.78 is 5.24. The van der Waals surface area contributed by atoms with Crippen molar-refractivity contribution in [2.75, 3.05) is 20.2 Å². The Bertz CT molecular complexity index is 451. The van der Waals surface area contributed by atoms with E-state index in [1.807, 2.05) is 12.1 Å². The monoisotopic (exact) mass is 291 g/mol. The number of hydrogen-bond acceptors (Lipinski definition) is 4. The fourth-order valence-corrected chi connectivity index (χ4v) is 3.03. The molecule has 2 atom stereocenters. The molecule has 1 aliphatic heterocycles. The number of nitrogens with one attached hydrogen (secondary N) is 1. The molecule has 4 heteroatoms. The molecule has 1 aromatic heterocycles. The van der Waals surface area contributed by atoms with Crippen LogP contribution >= 0.6 is 0 Å². The maximum atomic E-state index is 5.24. The van der Waals surface area contributed by atoms with Gasteiger partial charge < -0.3 is 10.1 Å². The summed E-state index contributed by atoms with van der Waals surface area (Å²) in [4.78, 5) is 7.16. The fourth-order valence-electron chi connectivity index (χ4n) is 3.03. The average molecular weight is 291 g/mol. The number of aromatic nitrogens is 1. The largest absolute Gasteiger partial charge is 0.481 e. The first-order valence-corrected chi connectivity index (χ1v) is 8.09. The molecule has 0 aliphatic carbocycles. The second-order valence-corrected chi connectivity index (χ2v) is 6.31. The van der Waals surface area contributed by atoms with Gasteiger partial charge in [0.2, 0.25) is 5.88 Å². The highest BCUT2D eigenvalue weighted by atomic mass is 16.5. The summed E-state index contributed by atoms with van der Waals surface area (Å²) in [5.41, 5.74) is 1.30. The van der Waals surface area contributed by atoms with Crippen molar-refractivity contribution >= 4 is 0 Å². The predicted molar refractivity (Wildman–Crippen MR) is 86.6 cm³/mol. The summed E-state index contributed by atoms with van der Waals surface area (Å²) in [5, 5.41) is 3.73. The summed E-state index contributed by atoms with van der Waals surface area (Å²) >= 11 is 0. The Morgan fingerprint density at radius 1 is 1.43 bits per heavy atom. The Morgan fingerprint density at radius 3 is 2.90 bits per heavy atom. The van der Waals surface area contributed by atoms with E-state index in [4.69, 9.17) is 4.74 Å². The Labute approximate surface area is 128 Å². The van der Waals surface area contributed by atoms with Crippen LogP contribution in [0.4, 0.5) is 0 Å². The van der Waals surface area contributed by atoms with Gasteiger partial charge in [-0.1, -0.05) is 26.3 Å². The lowest BCUT2D eigenvalue weighted by Gasteiger charge is -2.46. The minimum Gasteiger partial charge on any atom is -0.481 e. The van der Waals surface area contributed by atoms with E-state index in [9.17, 15) is 0 Å². The van der Waals surface area contributed by atoms with Crippen LogP contribution in [0.3, 0.4) is 0 Å². The third kappa shape index (κ3) is 4.17. The fraction of sp³-hybridized carbons (Fsp3) is 0.706. The standard InChI is InChI=1S/C17H29N3O/c1-5-8-15-11-18-17(3,6-2)13-20(15)12-14-9-7-10-16(19-14)21-4/h7,9-10,15,18H,5-6,8,11-13H2,1-4H3. The molecule has 0 saturated carbocycles. The quantitative estimate of drug-likeness (QED) is 0.874. The van der Waals surface area contributed by atoms with Gasteiger partial charge in [0.15, 0.2) is 0 Å². The number of ether oxygens (including phenoxy) is 1. The molecule has 0 amide bonds. The molecule has 118 valence electrons. The topological polar surface area (TPSA) is 37.4 Å². The molecule has 1 N–H and O–H groups in total. The first kappa shape index (κ1) is 16.2. The second-order valence-electron chi connectivity index (χ2n) is 6.31. The number of piperazine rings is 1. The van der Waals surface area contributed by atoms with E-state index in [1.165, 1.54) is 12.8 Å². The summed E-state index contributed by atoms with van der Waals surface area (Å²) in [6.45, 7) is 9.89. The lowest BCUT2D eigenvalue weighted by molar-refractivity contribution is 0.0713. The van der Waals surface area contributed by atoms with Crippen molar-refractivity contribution in [2.24, 2.45) is 0 Å². The third-order valence-electron chi connectivity index (χ3n) is 4.59. The van der Waals surface area contributed by atoms with Crippen molar-refractivity contribution in [3.8, 4) is 5.88 Å². The molecule has 0 aromatic carbocycles. The van der Waals surface area contributed by atoms with Crippen molar-refractivity contribution in [2.45, 2.75) is 58.2 Å². The number of pyridine rings is 1. The molecule has 1 fully saturated rings. The van der Waals surface area contributed by atoms with Gasteiger partial charge in [-0.25, -0.2) is 4.98 Å². The molecule has 2 heterocycles. The van der Waals surface area contributed by atoms with Gasteiger partial charge in [0.05, 0.1) is 12.8 Å². The van der Waals surface area contributed by atoms with Gasteiger partial charge in [0, 0.05) is 37.3 Å². The zero-order chi connectivity index (χ0) is 15.3. The van der Waals surface area contributed by atoms with E-state index < -0.39 is 0 Å². The summed E-state index contributed by atoms with van der Waals surface area (Å²) in [7, 11) is 1.67. The third-order valence-corrected chi connectivity index (χ3v) is 4.59. The van der Waals surface area contributed by atoms with Crippen LogP contribution in [0, 0.1) is 0 Å². The average Bonchev–Trinajstić information content (AvgIpc) is 2.50. The highest BCUT2D eigenvalue weighted by Crippen LogP contribution is 2.23. The van der Waals surface area contributed by atoms with Crippen LogP contribution in [-0.4, -0.2) is 41.7 Å². The molecule has 2 unspecified atom stereocenters. The Hall–Kier alpha value is -1.13. The molecule has 21 heavy (non-hydrogen) atoms. The summed E-state index contributed by atoms with van der Waals surface area (Å²) in [6.07, 6.45) is 3.60. The van der Waals surface area contributed by atoms with Crippen LogP contribution in [0.25, 0.3) is 0 Å². The normalized spacial score (nSPS) is 26.8. The van der Waals surface area contributed by atoms with Gasteiger partial charge in [0.1, 0.15) is 0 Å². The maximum Gasteiger partial charge on any atom is 0.213 e. The molecule has 1 aliphatic rings. The van der Waals surface area contributed by atoms with E-state index in [2.05, 4.69) is 42.0 Å². The van der Waals surface area contributed by atoms with E-state index >= 15 is 0 Å². The molecule has 0 bridgehead atoms. The number of nitrogens with zero attached hydrogens (tertiary/aromatic N) is 2. The van der Waals surface area contributed by atoms with E-state index in [0.717, 1.165) is 31.7 Å². The van der Waals surface area contributed by atoms with Crippen molar-refractivity contribution in [3.63, 3.8) is 0 Å². The Kier molecular flexibility index (Phi) is 5.59. The molecule has 0 spiro atoms. The van der Waals surface area contributed by atoms with Crippen LogP contribution in [0.2, 0.25) is 0 Å². The van der Waals surface area contributed by atoms with Gasteiger partial charge in [-0.15, -0.1) is 0 Å². The Balaban J connectivity index is 2.11. The predicted octanol–water partition coefficient (Wildman–Crippen LogP) is 2.83. The van der Waals surface area contributed by atoms with Crippen LogP contribution < -0.4 is 10.1 Å². The molecule has 2 rings (SSSR count). The highest BCUT2D eigenvalue weighted by Gasteiger charge is 2.34. The maximum absolute atomic E-state index is 5.24. The Morgan fingerprint density at radius 2 is 2.24 bits per heavy atom. The summed E-state index contributed by atoms with van der Waals surface area (Å²) in [5.74, 6) is 0.702. The van der Waals surface area contributed by atoms with Crippen LogP contribution in [-0.2, 0) is 6.54 Å². The summed E-state index contributed by atoms with van der Waals surface area (Å²) in [6, 6.07) is 6.62. The molecule has 1 aromatic rings.